The maximum Gasteiger partial charge on any atom is 0.0415 e. The predicted molar refractivity (Wildman–Crippen MR) is 59.2 cm³/mol. The minimum atomic E-state index is 0. The SMILES string of the molecule is Brc1csc([C@H]2CCCN2)c1.Cl. The van der Waals surface area contributed by atoms with E-state index >= 15 is 0 Å². The lowest BCUT2D eigenvalue weighted by molar-refractivity contribution is 0.659. The zero-order chi connectivity index (χ0) is 7.68. The van der Waals surface area contributed by atoms with Crippen LogP contribution < -0.4 is 5.32 Å². The molecular formula is C8H11BrClNS. The second-order valence-electron chi connectivity index (χ2n) is 2.82. The van der Waals surface area contributed by atoms with E-state index in [1.54, 1.807) is 0 Å². The van der Waals surface area contributed by atoms with E-state index in [9.17, 15) is 0 Å². The third-order valence-corrected chi connectivity index (χ3v) is 3.80. The fourth-order valence-corrected chi connectivity index (χ4v) is 2.99. The van der Waals surface area contributed by atoms with E-state index in [1.165, 1.54) is 28.7 Å². The van der Waals surface area contributed by atoms with Gasteiger partial charge in [-0.1, -0.05) is 0 Å². The molecule has 2 rings (SSSR count). The van der Waals surface area contributed by atoms with Gasteiger partial charge in [-0.05, 0) is 41.4 Å². The number of halogens is 2. The van der Waals surface area contributed by atoms with Crippen molar-refractivity contribution in [2.24, 2.45) is 0 Å². The van der Waals surface area contributed by atoms with Crippen molar-refractivity contribution in [3.05, 3.63) is 20.8 Å². The van der Waals surface area contributed by atoms with Crippen LogP contribution in [0, 0.1) is 0 Å². The molecule has 1 atom stereocenters. The van der Waals surface area contributed by atoms with E-state index in [0.29, 0.717) is 6.04 Å². The molecule has 1 aliphatic rings. The number of rotatable bonds is 1. The molecule has 0 saturated carbocycles. The van der Waals surface area contributed by atoms with Crippen molar-refractivity contribution in [2.45, 2.75) is 18.9 Å². The molecule has 1 aromatic heterocycles. The van der Waals surface area contributed by atoms with Crippen LogP contribution in [-0.4, -0.2) is 6.54 Å². The fourth-order valence-electron chi connectivity index (χ4n) is 1.44. The van der Waals surface area contributed by atoms with Gasteiger partial charge in [0, 0.05) is 20.8 Å². The van der Waals surface area contributed by atoms with Crippen molar-refractivity contribution in [1.29, 1.82) is 0 Å². The minimum Gasteiger partial charge on any atom is -0.309 e. The molecule has 0 spiro atoms. The number of hydrogen-bond donors (Lipinski definition) is 1. The largest absolute Gasteiger partial charge is 0.309 e. The van der Waals surface area contributed by atoms with Crippen LogP contribution in [0.2, 0.25) is 0 Å². The lowest BCUT2D eigenvalue weighted by atomic mass is 10.2. The molecule has 1 fully saturated rings. The van der Waals surface area contributed by atoms with Gasteiger partial charge in [-0.2, -0.15) is 0 Å². The maximum absolute atomic E-state index is 3.48. The molecule has 1 aromatic rings. The summed E-state index contributed by atoms with van der Waals surface area (Å²) >= 11 is 5.30. The molecule has 0 aliphatic carbocycles. The highest BCUT2D eigenvalue weighted by molar-refractivity contribution is 9.10. The van der Waals surface area contributed by atoms with E-state index < -0.39 is 0 Å². The summed E-state index contributed by atoms with van der Waals surface area (Å²) in [5, 5.41) is 5.62. The van der Waals surface area contributed by atoms with Crippen molar-refractivity contribution >= 4 is 39.7 Å². The Kier molecular flexibility index (Phi) is 4.03. The van der Waals surface area contributed by atoms with E-state index in [0.717, 1.165) is 0 Å². The normalized spacial score (nSPS) is 22.2. The van der Waals surface area contributed by atoms with Crippen LogP contribution in [0.3, 0.4) is 0 Å². The Morgan fingerprint density at radius 3 is 2.92 bits per heavy atom. The Morgan fingerprint density at radius 2 is 2.42 bits per heavy atom. The molecule has 1 N–H and O–H groups in total. The van der Waals surface area contributed by atoms with Crippen LogP contribution in [-0.2, 0) is 0 Å². The summed E-state index contributed by atoms with van der Waals surface area (Å²) in [6.45, 7) is 1.18. The minimum absolute atomic E-state index is 0. The summed E-state index contributed by atoms with van der Waals surface area (Å²) < 4.78 is 1.21. The van der Waals surface area contributed by atoms with Crippen LogP contribution in [0.15, 0.2) is 15.9 Å². The van der Waals surface area contributed by atoms with Crippen LogP contribution in [0.4, 0.5) is 0 Å². The Hall–Kier alpha value is 0.430. The first-order chi connectivity index (χ1) is 5.36. The topological polar surface area (TPSA) is 12.0 Å². The van der Waals surface area contributed by atoms with Crippen molar-refractivity contribution in [3.8, 4) is 0 Å². The van der Waals surface area contributed by atoms with Crippen LogP contribution in [0.25, 0.3) is 0 Å². The molecule has 4 heteroatoms. The van der Waals surface area contributed by atoms with Gasteiger partial charge in [-0.25, -0.2) is 0 Å². The zero-order valence-electron chi connectivity index (χ0n) is 6.55. The highest BCUT2D eigenvalue weighted by Gasteiger charge is 2.16. The second kappa shape index (κ2) is 4.61. The van der Waals surface area contributed by atoms with Gasteiger partial charge in [0.2, 0.25) is 0 Å². The summed E-state index contributed by atoms with van der Waals surface area (Å²) in [6.07, 6.45) is 2.62. The molecule has 0 aromatic carbocycles. The van der Waals surface area contributed by atoms with Gasteiger partial charge in [-0.3, -0.25) is 0 Å². The Morgan fingerprint density at radius 1 is 1.58 bits per heavy atom. The van der Waals surface area contributed by atoms with Gasteiger partial charge in [0.05, 0.1) is 0 Å². The Bertz CT molecular complexity index is 245. The van der Waals surface area contributed by atoms with Gasteiger partial charge in [0.15, 0.2) is 0 Å². The van der Waals surface area contributed by atoms with Crippen LogP contribution in [0.1, 0.15) is 23.8 Å². The third kappa shape index (κ3) is 2.22. The van der Waals surface area contributed by atoms with Gasteiger partial charge >= 0.3 is 0 Å². The standard InChI is InChI=1S/C8H10BrNS.ClH/c9-6-4-8(11-5-6)7-2-1-3-10-7;/h4-5,7,10H,1-3H2;1H/t7-;/m1./s1. The number of hydrogen-bond acceptors (Lipinski definition) is 2. The first-order valence-corrected chi connectivity index (χ1v) is 5.51. The monoisotopic (exact) mass is 267 g/mol. The summed E-state index contributed by atoms with van der Waals surface area (Å²) in [5.41, 5.74) is 0. The fraction of sp³-hybridized carbons (Fsp3) is 0.500. The summed E-state index contributed by atoms with van der Waals surface area (Å²) in [5.74, 6) is 0. The van der Waals surface area contributed by atoms with E-state index in [4.69, 9.17) is 0 Å². The van der Waals surface area contributed by atoms with Crippen molar-refractivity contribution in [2.75, 3.05) is 6.54 Å². The molecule has 0 bridgehead atoms. The quantitative estimate of drug-likeness (QED) is 0.823. The van der Waals surface area contributed by atoms with E-state index in [-0.39, 0.29) is 12.4 Å². The molecule has 0 radical (unpaired) electrons. The van der Waals surface area contributed by atoms with Crippen molar-refractivity contribution in [3.63, 3.8) is 0 Å². The zero-order valence-corrected chi connectivity index (χ0v) is 9.77. The number of thiophene rings is 1. The Labute approximate surface area is 91.1 Å². The highest BCUT2D eigenvalue weighted by atomic mass is 79.9. The summed E-state index contributed by atoms with van der Waals surface area (Å²) in [6, 6.07) is 2.85. The molecule has 1 saturated heterocycles. The summed E-state index contributed by atoms with van der Waals surface area (Å²) in [4.78, 5) is 1.47. The lowest BCUT2D eigenvalue weighted by Crippen LogP contribution is -2.11. The maximum atomic E-state index is 3.48. The highest BCUT2D eigenvalue weighted by Crippen LogP contribution is 2.30. The predicted octanol–water partition coefficient (Wildman–Crippen LogP) is 3.36. The van der Waals surface area contributed by atoms with Crippen molar-refractivity contribution in [1.82, 2.24) is 5.32 Å². The third-order valence-electron chi connectivity index (χ3n) is 1.99. The molecule has 2 heterocycles. The smallest absolute Gasteiger partial charge is 0.0415 e. The van der Waals surface area contributed by atoms with Gasteiger partial charge in [-0.15, -0.1) is 23.7 Å². The van der Waals surface area contributed by atoms with Crippen LogP contribution in [0.5, 0.6) is 0 Å². The average molecular weight is 269 g/mol. The van der Waals surface area contributed by atoms with Gasteiger partial charge < -0.3 is 5.32 Å². The lowest BCUT2D eigenvalue weighted by Gasteiger charge is -2.05. The second-order valence-corrected chi connectivity index (χ2v) is 4.67. The summed E-state index contributed by atoms with van der Waals surface area (Å²) in [7, 11) is 0. The van der Waals surface area contributed by atoms with Gasteiger partial charge in [0.1, 0.15) is 0 Å². The van der Waals surface area contributed by atoms with E-state index in [2.05, 4.69) is 32.7 Å². The first-order valence-electron chi connectivity index (χ1n) is 3.83. The Balaban J connectivity index is 0.000000720. The molecule has 1 nitrogen and oxygen atoms in total. The van der Waals surface area contributed by atoms with Crippen LogP contribution >= 0.6 is 39.7 Å². The number of nitrogens with one attached hydrogen (secondary N) is 1. The average Bonchev–Trinajstić information content (AvgIpc) is 2.55. The van der Waals surface area contributed by atoms with Crippen molar-refractivity contribution < 1.29 is 0 Å². The molecule has 12 heavy (non-hydrogen) atoms. The molecule has 0 unspecified atom stereocenters. The molecule has 68 valence electrons. The van der Waals surface area contributed by atoms with Gasteiger partial charge in [0.25, 0.3) is 0 Å². The molecular weight excluding hydrogens is 258 g/mol. The van der Waals surface area contributed by atoms with E-state index in [1.807, 2.05) is 11.3 Å². The first kappa shape index (κ1) is 10.5. The molecule has 0 amide bonds. The molecule has 1 aliphatic heterocycles.